The number of nitrogens with zero attached hydrogens (tertiary/aromatic N) is 1. The van der Waals surface area contributed by atoms with Crippen LogP contribution in [0.5, 0.6) is 5.75 Å². The summed E-state index contributed by atoms with van der Waals surface area (Å²) in [5, 5.41) is 11.9. The lowest BCUT2D eigenvalue weighted by molar-refractivity contribution is 0.243. The Morgan fingerprint density at radius 3 is 2.61 bits per heavy atom. The average Bonchev–Trinajstić information content (AvgIpc) is 3.03. The van der Waals surface area contributed by atoms with Crippen molar-refractivity contribution in [3.8, 4) is 5.75 Å². The van der Waals surface area contributed by atoms with E-state index in [4.69, 9.17) is 14.9 Å². The maximum atomic E-state index is 11.8. The van der Waals surface area contributed by atoms with Gasteiger partial charge in [0.2, 0.25) is 10.0 Å². The number of hydrogen-bond acceptors (Lipinski definition) is 6. The molecule has 2 heterocycles. The third-order valence-electron chi connectivity index (χ3n) is 5.09. The van der Waals surface area contributed by atoms with Crippen molar-refractivity contribution in [1.82, 2.24) is 4.98 Å². The fraction of sp³-hybridized carbons (Fsp3) is 0.261. The van der Waals surface area contributed by atoms with Crippen LogP contribution in [0.4, 0.5) is 10.7 Å². The zero-order chi connectivity index (χ0) is 22.3. The van der Waals surface area contributed by atoms with Gasteiger partial charge in [0.05, 0.1) is 27.2 Å². The number of sulfonamides is 1. The summed E-state index contributed by atoms with van der Waals surface area (Å²) in [6, 6.07) is 12.8. The molecule has 0 saturated heterocycles. The number of primary sulfonamides is 1. The summed E-state index contributed by atoms with van der Waals surface area (Å²) in [6.07, 6.45) is 0.873. The highest BCUT2D eigenvalue weighted by molar-refractivity contribution is 7.89. The minimum atomic E-state index is -3.83. The minimum Gasteiger partial charge on any atom is -0.489 e. The molecule has 0 atom stereocenters. The van der Waals surface area contributed by atoms with Gasteiger partial charge in [-0.05, 0) is 75.2 Å². The Kier molecular flexibility index (Phi) is 5.63. The largest absolute Gasteiger partial charge is 0.489 e. The number of benzene rings is 2. The van der Waals surface area contributed by atoms with Gasteiger partial charge in [0.1, 0.15) is 5.75 Å². The van der Waals surface area contributed by atoms with E-state index < -0.39 is 10.0 Å². The fourth-order valence-corrected chi connectivity index (χ4v) is 5.26. The number of nitrogens with one attached hydrogen (secondary N) is 1. The monoisotopic (exact) mass is 455 g/mol. The molecule has 0 aliphatic carbocycles. The maximum absolute atomic E-state index is 11.8. The molecule has 0 amide bonds. The highest BCUT2D eigenvalue weighted by Crippen LogP contribution is 2.37. The molecule has 3 N–H and O–H groups in total. The van der Waals surface area contributed by atoms with Crippen molar-refractivity contribution in [2.24, 2.45) is 5.14 Å². The predicted molar refractivity (Wildman–Crippen MR) is 128 cm³/mol. The van der Waals surface area contributed by atoms with Gasteiger partial charge in [-0.15, -0.1) is 11.3 Å². The van der Waals surface area contributed by atoms with Crippen LogP contribution in [0.1, 0.15) is 32.0 Å². The molecule has 0 spiro atoms. The third-order valence-corrected chi connectivity index (χ3v) is 7.03. The number of hydrogen-bond donors (Lipinski definition) is 2. The first-order valence-corrected chi connectivity index (χ1v) is 12.5. The van der Waals surface area contributed by atoms with Crippen molar-refractivity contribution in [3.63, 3.8) is 0 Å². The van der Waals surface area contributed by atoms with Gasteiger partial charge in [-0.3, -0.25) is 4.98 Å². The van der Waals surface area contributed by atoms with Crippen molar-refractivity contribution in [1.29, 1.82) is 0 Å². The topological polar surface area (TPSA) is 94.3 Å². The number of aryl methyl sites for hydroxylation is 2. The summed E-state index contributed by atoms with van der Waals surface area (Å²) in [5.41, 5.74) is 3.93. The highest BCUT2D eigenvalue weighted by atomic mass is 32.2. The van der Waals surface area contributed by atoms with Crippen LogP contribution in [0.2, 0.25) is 0 Å². The molecule has 162 valence electrons. The van der Waals surface area contributed by atoms with Gasteiger partial charge in [-0.1, -0.05) is 6.92 Å². The van der Waals surface area contributed by atoms with Gasteiger partial charge in [0.25, 0.3) is 0 Å². The molecule has 0 aliphatic heterocycles. The number of rotatable bonds is 6. The number of anilines is 2. The second-order valence-corrected chi connectivity index (χ2v) is 10.3. The summed E-state index contributed by atoms with van der Waals surface area (Å²) in [6.45, 7) is 8.04. The van der Waals surface area contributed by atoms with Crippen molar-refractivity contribution in [2.45, 2.75) is 45.1 Å². The lowest BCUT2D eigenvalue weighted by atomic mass is 10.1. The van der Waals surface area contributed by atoms with E-state index in [2.05, 4.69) is 37.4 Å². The summed E-state index contributed by atoms with van der Waals surface area (Å²) in [7, 11) is -3.83. The summed E-state index contributed by atoms with van der Waals surface area (Å²) in [4.78, 5) is 4.73. The zero-order valence-corrected chi connectivity index (χ0v) is 19.5. The fourth-order valence-electron chi connectivity index (χ4n) is 3.77. The van der Waals surface area contributed by atoms with Crippen LogP contribution in [-0.4, -0.2) is 19.5 Å². The van der Waals surface area contributed by atoms with Crippen molar-refractivity contribution < 1.29 is 13.2 Å². The van der Waals surface area contributed by atoms with Crippen LogP contribution >= 0.6 is 11.3 Å². The van der Waals surface area contributed by atoms with E-state index >= 15 is 0 Å². The minimum absolute atomic E-state index is 0.0320. The molecule has 0 radical (unpaired) electrons. The molecule has 0 bridgehead atoms. The normalized spacial score (nSPS) is 12.1. The van der Waals surface area contributed by atoms with E-state index in [1.807, 2.05) is 19.9 Å². The van der Waals surface area contributed by atoms with Gasteiger partial charge in [0, 0.05) is 21.2 Å². The maximum Gasteiger partial charge on any atom is 0.238 e. The molecule has 0 fully saturated rings. The van der Waals surface area contributed by atoms with Crippen LogP contribution in [0.15, 0.2) is 47.4 Å². The summed E-state index contributed by atoms with van der Waals surface area (Å²) >= 11 is 1.59. The SMILES string of the molecule is CCc1c(C)nc2ccc3sc(Nc4cc(S(N)(=O)=O)ccc4OC(C)C)ccc3c12. The third kappa shape index (κ3) is 4.23. The van der Waals surface area contributed by atoms with E-state index in [1.165, 1.54) is 28.5 Å². The van der Waals surface area contributed by atoms with Crippen LogP contribution in [0.3, 0.4) is 0 Å². The number of ether oxygens (including phenoxy) is 1. The molecule has 2 aromatic carbocycles. The second-order valence-electron chi connectivity index (χ2n) is 7.70. The molecule has 8 heteroatoms. The van der Waals surface area contributed by atoms with Crippen molar-refractivity contribution in [3.05, 3.63) is 53.7 Å². The molecule has 0 aliphatic rings. The van der Waals surface area contributed by atoms with E-state index in [0.29, 0.717) is 11.4 Å². The molecule has 2 aromatic heterocycles. The van der Waals surface area contributed by atoms with Gasteiger partial charge < -0.3 is 10.1 Å². The first-order chi connectivity index (χ1) is 14.7. The van der Waals surface area contributed by atoms with Crippen molar-refractivity contribution in [2.75, 3.05) is 5.32 Å². The molecular weight excluding hydrogens is 430 g/mol. The highest BCUT2D eigenvalue weighted by Gasteiger charge is 2.15. The lowest BCUT2D eigenvalue weighted by Crippen LogP contribution is -2.13. The Labute approximate surface area is 186 Å². The first-order valence-electron chi connectivity index (χ1n) is 10.1. The van der Waals surface area contributed by atoms with E-state index in [9.17, 15) is 8.42 Å². The van der Waals surface area contributed by atoms with Crippen molar-refractivity contribution >= 4 is 53.0 Å². The number of fused-ring (bicyclic) bond motifs is 3. The summed E-state index contributed by atoms with van der Waals surface area (Å²) < 4.78 is 30.7. The Morgan fingerprint density at radius 2 is 1.94 bits per heavy atom. The quantitative estimate of drug-likeness (QED) is 0.400. The molecule has 4 aromatic rings. The van der Waals surface area contributed by atoms with Crippen LogP contribution in [-0.2, 0) is 16.4 Å². The lowest BCUT2D eigenvalue weighted by Gasteiger charge is -2.16. The Bertz CT molecular complexity index is 1390. The zero-order valence-electron chi connectivity index (χ0n) is 17.9. The van der Waals surface area contributed by atoms with Crippen LogP contribution in [0.25, 0.3) is 21.0 Å². The average molecular weight is 456 g/mol. The predicted octanol–water partition coefficient (Wildman–Crippen LogP) is 5.50. The molecule has 0 unspecified atom stereocenters. The van der Waals surface area contributed by atoms with E-state index in [1.54, 1.807) is 17.4 Å². The van der Waals surface area contributed by atoms with E-state index in [0.717, 1.165) is 27.3 Å². The number of nitrogens with two attached hydrogens (primary N) is 1. The summed E-state index contributed by atoms with van der Waals surface area (Å²) in [5.74, 6) is 0.564. The second kappa shape index (κ2) is 8.11. The first kappa shape index (κ1) is 21.5. The number of aromatic nitrogens is 1. The van der Waals surface area contributed by atoms with Gasteiger partial charge in [-0.25, -0.2) is 13.6 Å². The Hall–Kier alpha value is -2.68. The molecule has 4 rings (SSSR count). The molecule has 0 saturated carbocycles. The Morgan fingerprint density at radius 1 is 1.16 bits per heavy atom. The van der Waals surface area contributed by atoms with Gasteiger partial charge in [-0.2, -0.15) is 0 Å². The van der Waals surface area contributed by atoms with Crippen LogP contribution in [0, 0.1) is 6.92 Å². The molecule has 6 nitrogen and oxygen atoms in total. The molecular formula is C23H25N3O3S2. The van der Waals surface area contributed by atoms with E-state index in [-0.39, 0.29) is 11.0 Å². The van der Waals surface area contributed by atoms with Crippen LogP contribution < -0.4 is 15.2 Å². The Balaban J connectivity index is 1.80. The van der Waals surface area contributed by atoms with Gasteiger partial charge >= 0.3 is 0 Å². The molecule has 31 heavy (non-hydrogen) atoms. The smallest absolute Gasteiger partial charge is 0.238 e. The standard InChI is InChI=1S/C23H25N3O3S2/c1-5-16-14(4)25-18-8-10-21-17(23(16)18)7-11-22(30-21)26-19-12-15(31(24,27)28)6-9-20(19)29-13(2)3/h6-13,26H,5H2,1-4H3,(H2,24,27,28). The van der Waals surface area contributed by atoms with Gasteiger partial charge in [0.15, 0.2) is 0 Å².